The molecule has 2 fully saturated rings. The van der Waals surface area contributed by atoms with Crippen LogP contribution in [0.1, 0.15) is 31.9 Å². The highest BCUT2D eigenvalue weighted by Crippen LogP contribution is 2.53. The van der Waals surface area contributed by atoms with Gasteiger partial charge < -0.3 is 9.14 Å². The zero-order chi connectivity index (χ0) is 11.5. The Kier molecular flexibility index (Phi) is 1.65. The van der Waals surface area contributed by atoms with Gasteiger partial charge in [0.2, 0.25) is 0 Å². The molecule has 0 radical (unpaired) electrons. The molecule has 0 spiro atoms. The van der Waals surface area contributed by atoms with E-state index in [1.807, 2.05) is 12.1 Å². The van der Waals surface area contributed by atoms with Crippen molar-refractivity contribution in [2.24, 2.45) is 0 Å². The van der Waals surface area contributed by atoms with Crippen molar-refractivity contribution in [1.82, 2.24) is 9.38 Å². The summed E-state index contributed by atoms with van der Waals surface area (Å²) in [6.45, 7) is 3.07. The van der Waals surface area contributed by atoms with Crippen molar-refractivity contribution in [2.45, 2.75) is 37.2 Å². The number of pyridine rings is 1. The molecule has 0 N–H and O–H groups in total. The molecule has 88 valence electrons. The number of hydrogen-bond donors (Lipinski definition) is 0. The van der Waals surface area contributed by atoms with Gasteiger partial charge >= 0.3 is 0 Å². The maximum absolute atomic E-state index is 5.94. The Morgan fingerprint density at radius 1 is 1.35 bits per heavy atom. The predicted molar refractivity (Wildman–Crippen MR) is 65.1 cm³/mol. The van der Waals surface area contributed by atoms with Gasteiger partial charge in [-0.25, -0.2) is 4.98 Å². The van der Waals surface area contributed by atoms with E-state index in [1.54, 1.807) is 0 Å². The van der Waals surface area contributed by atoms with Crippen LogP contribution in [0.5, 0.6) is 0 Å². The van der Waals surface area contributed by atoms with E-state index < -0.39 is 0 Å². The van der Waals surface area contributed by atoms with E-state index in [2.05, 4.69) is 29.8 Å². The van der Waals surface area contributed by atoms with Gasteiger partial charge in [0.1, 0.15) is 5.65 Å². The first-order chi connectivity index (χ1) is 8.19. The summed E-state index contributed by atoms with van der Waals surface area (Å²) in [5.41, 5.74) is 2.54. The van der Waals surface area contributed by atoms with Gasteiger partial charge in [0.15, 0.2) is 0 Å². The van der Waals surface area contributed by atoms with E-state index in [0.29, 0.717) is 0 Å². The first-order valence-corrected chi connectivity index (χ1v) is 6.28. The molecule has 2 atom stereocenters. The molecule has 1 saturated heterocycles. The Labute approximate surface area is 100 Å². The average Bonchev–Trinajstić information content (AvgIpc) is 2.97. The van der Waals surface area contributed by atoms with Gasteiger partial charge in [-0.05, 0) is 38.3 Å². The van der Waals surface area contributed by atoms with E-state index in [4.69, 9.17) is 9.72 Å². The number of nitrogens with zero attached hydrogens (tertiary/aromatic N) is 2. The van der Waals surface area contributed by atoms with Crippen LogP contribution in [0, 0.1) is 0 Å². The van der Waals surface area contributed by atoms with E-state index >= 15 is 0 Å². The largest absolute Gasteiger partial charge is 0.374 e. The Morgan fingerprint density at radius 3 is 2.94 bits per heavy atom. The highest BCUT2D eigenvalue weighted by atomic mass is 16.5. The standard InChI is InChI=1S/C14H16N2O/c1-13-5-6-14(9-13,10-17-13)11-8-16-7-3-2-4-12(16)15-11/h2-4,7-8H,5-6,9-10H2,1H3/t13-,14-/m0/s1. The van der Waals surface area contributed by atoms with Gasteiger partial charge in [-0.3, -0.25) is 0 Å². The molecule has 2 aromatic heterocycles. The van der Waals surface area contributed by atoms with Crippen LogP contribution in [0.25, 0.3) is 5.65 Å². The summed E-state index contributed by atoms with van der Waals surface area (Å²) in [7, 11) is 0. The second-order valence-electron chi connectivity index (χ2n) is 5.79. The van der Waals surface area contributed by atoms with Crippen LogP contribution in [0.3, 0.4) is 0 Å². The Morgan fingerprint density at radius 2 is 2.29 bits per heavy atom. The summed E-state index contributed by atoms with van der Waals surface area (Å²) in [6, 6.07) is 6.14. The molecule has 1 aliphatic heterocycles. The van der Waals surface area contributed by atoms with Gasteiger partial charge in [-0.1, -0.05) is 6.07 Å². The third-order valence-electron chi connectivity index (χ3n) is 4.45. The Hall–Kier alpha value is -1.35. The van der Waals surface area contributed by atoms with Crippen molar-refractivity contribution in [3.8, 4) is 0 Å². The molecule has 0 aromatic carbocycles. The number of rotatable bonds is 1. The van der Waals surface area contributed by atoms with Crippen LogP contribution in [-0.4, -0.2) is 21.6 Å². The smallest absolute Gasteiger partial charge is 0.136 e. The quantitative estimate of drug-likeness (QED) is 0.750. The SMILES string of the molecule is C[C@@]12CC[C@@](c3cn4ccccc4n3)(CO1)C2. The van der Waals surface area contributed by atoms with Gasteiger partial charge in [0.25, 0.3) is 0 Å². The van der Waals surface area contributed by atoms with Crippen LogP contribution in [-0.2, 0) is 10.2 Å². The number of ether oxygens (including phenoxy) is 1. The first-order valence-electron chi connectivity index (χ1n) is 6.28. The first kappa shape index (κ1) is 9.66. The molecule has 2 bridgehead atoms. The third kappa shape index (κ3) is 1.23. The van der Waals surface area contributed by atoms with E-state index in [-0.39, 0.29) is 11.0 Å². The van der Waals surface area contributed by atoms with Crippen molar-refractivity contribution >= 4 is 5.65 Å². The van der Waals surface area contributed by atoms with Gasteiger partial charge in [-0.15, -0.1) is 0 Å². The van der Waals surface area contributed by atoms with Gasteiger partial charge in [0, 0.05) is 17.8 Å². The highest BCUT2D eigenvalue weighted by molar-refractivity contribution is 5.42. The Balaban J connectivity index is 1.85. The minimum absolute atomic E-state index is 0.107. The van der Waals surface area contributed by atoms with E-state index in [9.17, 15) is 0 Å². The zero-order valence-electron chi connectivity index (χ0n) is 10.0. The zero-order valence-corrected chi connectivity index (χ0v) is 10.0. The van der Waals surface area contributed by atoms with Crippen molar-refractivity contribution in [2.75, 3.05) is 6.61 Å². The fourth-order valence-electron chi connectivity index (χ4n) is 3.44. The summed E-state index contributed by atoms with van der Waals surface area (Å²) in [5, 5.41) is 0. The van der Waals surface area contributed by atoms with E-state index in [1.165, 1.54) is 18.5 Å². The topological polar surface area (TPSA) is 26.5 Å². The number of hydrogen-bond acceptors (Lipinski definition) is 2. The van der Waals surface area contributed by atoms with Crippen molar-refractivity contribution in [3.63, 3.8) is 0 Å². The second kappa shape index (κ2) is 2.91. The molecule has 4 rings (SSSR count). The number of aromatic nitrogens is 2. The lowest BCUT2D eigenvalue weighted by molar-refractivity contribution is -0.00626. The van der Waals surface area contributed by atoms with Crippen LogP contribution in [0.2, 0.25) is 0 Å². The maximum atomic E-state index is 5.94. The fourth-order valence-corrected chi connectivity index (χ4v) is 3.44. The number of fused-ring (bicyclic) bond motifs is 3. The molecule has 1 saturated carbocycles. The molecule has 17 heavy (non-hydrogen) atoms. The summed E-state index contributed by atoms with van der Waals surface area (Å²) in [4.78, 5) is 4.78. The van der Waals surface area contributed by atoms with Crippen molar-refractivity contribution in [1.29, 1.82) is 0 Å². The third-order valence-corrected chi connectivity index (χ3v) is 4.45. The molecule has 2 aliphatic rings. The summed E-state index contributed by atoms with van der Waals surface area (Å²) >= 11 is 0. The van der Waals surface area contributed by atoms with Crippen molar-refractivity contribution < 1.29 is 4.74 Å². The maximum Gasteiger partial charge on any atom is 0.136 e. The average molecular weight is 228 g/mol. The minimum atomic E-state index is 0.107. The highest BCUT2D eigenvalue weighted by Gasteiger charge is 2.55. The lowest BCUT2D eigenvalue weighted by Crippen LogP contribution is -2.26. The summed E-state index contributed by atoms with van der Waals surface area (Å²) in [6.07, 6.45) is 7.75. The molecule has 1 aliphatic carbocycles. The molecule has 3 heteroatoms. The fraction of sp³-hybridized carbons (Fsp3) is 0.500. The lowest BCUT2D eigenvalue weighted by Gasteiger charge is -2.24. The van der Waals surface area contributed by atoms with Crippen LogP contribution in [0.15, 0.2) is 30.6 Å². The molecule has 0 unspecified atom stereocenters. The van der Waals surface area contributed by atoms with Crippen LogP contribution in [0.4, 0.5) is 0 Å². The molecule has 2 aromatic rings. The second-order valence-corrected chi connectivity index (χ2v) is 5.79. The van der Waals surface area contributed by atoms with E-state index in [0.717, 1.165) is 18.7 Å². The minimum Gasteiger partial charge on any atom is -0.374 e. The van der Waals surface area contributed by atoms with Crippen LogP contribution < -0.4 is 0 Å². The lowest BCUT2D eigenvalue weighted by atomic mass is 9.84. The Bertz CT molecular complexity index is 546. The monoisotopic (exact) mass is 228 g/mol. The molecule has 3 nitrogen and oxygen atoms in total. The van der Waals surface area contributed by atoms with Gasteiger partial charge in [-0.2, -0.15) is 0 Å². The predicted octanol–water partition coefficient (Wildman–Crippen LogP) is 2.54. The normalized spacial score (nSPS) is 35.8. The van der Waals surface area contributed by atoms with Gasteiger partial charge in [0.05, 0.1) is 17.9 Å². The molecular weight excluding hydrogens is 212 g/mol. The van der Waals surface area contributed by atoms with Crippen LogP contribution >= 0.6 is 0 Å². The molecule has 0 amide bonds. The van der Waals surface area contributed by atoms with Crippen molar-refractivity contribution in [3.05, 3.63) is 36.3 Å². The number of imidazole rings is 1. The summed E-state index contributed by atoms with van der Waals surface area (Å²) in [5.74, 6) is 0. The molecule has 3 heterocycles. The summed E-state index contributed by atoms with van der Waals surface area (Å²) < 4.78 is 8.05. The molecular formula is C14H16N2O.